The van der Waals surface area contributed by atoms with Crippen LogP contribution >= 0.6 is 0 Å². The second kappa shape index (κ2) is 3.73. The third kappa shape index (κ3) is 1.97. The van der Waals surface area contributed by atoms with Crippen LogP contribution in [0.5, 0.6) is 0 Å². The quantitative estimate of drug-likeness (QED) is 0.634. The molecule has 0 aromatic rings. The molecular formula is C9H19NO2. The molecule has 2 unspecified atom stereocenters. The lowest BCUT2D eigenvalue weighted by Crippen LogP contribution is -2.54. The minimum Gasteiger partial charge on any atom is -0.387 e. The zero-order chi connectivity index (χ0) is 9.19. The van der Waals surface area contributed by atoms with Gasteiger partial charge in [-0.15, -0.1) is 0 Å². The number of nitrogens with one attached hydrogen (secondary N) is 1. The predicted octanol–water partition coefficient (Wildman–Crippen LogP) is 0.382. The summed E-state index contributed by atoms with van der Waals surface area (Å²) in [6.45, 7) is 8.22. The Hall–Kier alpha value is -0.120. The molecule has 2 N–H and O–H groups in total. The molecular weight excluding hydrogens is 154 g/mol. The van der Waals surface area contributed by atoms with Crippen molar-refractivity contribution in [3.8, 4) is 0 Å². The first-order valence-corrected chi connectivity index (χ1v) is 4.60. The third-order valence-electron chi connectivity index (χ3n) is 2.75. The summed E-state index contributed by atoms with van der Waals surface area (Å²) >= 11 is 0. The van der Waals surface area contributed by atoms with E-state index >= 15 is 0 Å². The van der Waals surface area contributed by atoms with Crippen LogP contribution in [0.4, 0.5) is 0 Å². The highest BCUT2D eigenvalue weighted by molar-refractivity contribution is 4.88. The van der Waals surface area contributed by atoms with E-state index in [2.05, 4.69) is 5.32 Å². The molecule has 0 aromatic carbocycles. The molecule has 0 aliphatic carbocycles. The van der Waals surface area contributed by atoms with Crippen LogP contribution in [0.15, 0.2) is 0 Å². The summed E-state index contributed by atoms with van der Waals surface area (Å²) < 4.78 is 5.49. The lowest BCUT2D eigenvalue weighted by molar-refractivity contribution is -0.131. The van der Waals surface area contributed by atoms with Crippen LogP contribution < -0.4 is 5.32 Å². The van der Waals surface area contributed by atoms with E-state index in [0.717, 1.165) is 13.1 Å². The number of aliphatic hydroxyl groups is 1. The summed E-state index contributed by atoms with van der Waals surface area (Å²) in [5.41, 5.74) is -0.715. The van der Waals surface area contributed by atoms with Crippen LogP contribution in [0.1, 0.15) is 20.8 Å². The Kier molecular flexibility index (Phi) is 3.09. The van der Waals surface area contributed by atoms with E-state index in [1.807, 2.05) is 20.8 Å². The van der Waals surface area contributed by atoms with E-state index in [-0.39, 0.29) is 12.0 Å². The Morgan fingerprint density at radius 2 is 2.25 bits per heavy atom. The van der Waals surface area contributed by atoms with Crippen molar-refractivity contribution in [2.45, 2.75) is 32.5 Å². The van der Waals surface area contributed by atoms with Crippen LogP contribution in [0.3, 0.4) is 0 Å². The van der Waals surface area contributed by atoms with E-state index in [0.29, 0.717) is 6.61 Å². The van der Waals surface area contributed by atoms with Gasteiger partial charge in [-0.25, -0.2) is 0 Å². The lowest BCUT2D eigenvalue weighted by atomic mass is 9.86. The Labute approximate surface area is 74.1 Å². The molecule has 0 spiro atoms. The molecule has 0 saturated carbocycles. The van der Waals surface area contributed by atoms with E-state index in [9.17, 15) is 5.11 Å². The van der Waals surface area contributed by atoms with Gasteiger partial charge in [0.05, 0.1) is 18.3 Å². The van der Waals surface area contributed by atoms with Crippen LogP contribution in [0.25, 0.3) is 0 Å². The number of rotatable bonds is 2. The second-order valence-corrected chi connectivity index (χ2v) is 3.94. The van der Waals surface area contributed by atoms with Crippen molar-refractivity contribution in [3.05, 3.63) is 0 Å². The normalized spacial score (nSPS) is 30.2. The fourth-order valence-electron chi connectivity index (χ4n) is 1.31. The first-order valence-electron chi connectivity index (χ1n) is 4.60. The van der Waals surface area contributed by atoms with E-state index in [4.69, 9.17) is 4.74 Å². The van der Waals surface area contributed by atoms with Crippen LogP contribution in [0.2, 0.25) is 0 Å². The van der Waals surface area contributed by atoms with Gasteiger partial charge in [-0.05, 0) is 12.8 Å². The van der Waals surface area contributed by atoms with Gasteiger partial charge in [0, 0.05) is 13.1 Å². The highest BCUT2D eigenvalue weighted by Crippen LogP contribution is 2.23. The summed E-state index contributed by atoms with van der Waals surface area (Å²) in [5, 5.41) is 13.3. The van der Waals surface area contributed by atoms with Crippen molar-refractivity contribution in [1.29, 1.82) is 0 Å². The van der Waals surface area contributed by atoms with Crippen molar-refractivity contribution >= 4 is 0 Å². The highest BCUT2D eigenvalue weighted by atomic mass is 16.5. The molecule has 0 radical (unpaired) electrons. The summed E-state index contributed by atoms with van der Waals surface area (Å²) in [6, 6.07) is 0. The number of hydrogen-bond acceptors (Lipinski definition) is 3. The van der Waals surface area contributed by atoms with Crippen molar-refractivity contribution in [2.75, 3.05) is 19.7 Å². The maximum absolute atomic E-state index is 10.1. The minimum absolute atomic E-state index is 0.0637. The molecule has 1 saturated heterocycles. The Bertz CT molecular complexity index is 139. The number of morpholine rings is 1. The summed E-state index contributed by atoms with van der Waals surface area (Å²) in [5.74, 6) is 0.224. The van der Waals surface area contributed by atoms with Crippen molar-refractivity contribution in [2.24, 2.45) is 5.92 Å². The largest absolute Gasteiger partial charge is 0.387 e. The fourth-order valence-corrected chi connectivity index (χ4v) is 1.31. The van der Waals surface area contributed by atoms with E-state index in [1.54, 1.807) is 0 Å². The smallest absolute Gasteiger partial charge is 0.0986 e. The van der Waals surface area contributed by atoms with Crippen LogP contribution in [-0.2, 0) is 4.74 Å². The van der Waals surface area contributed by atoms with E-state index in [1.165, 1.54) is 0 Å². The highest BCUT2D eigenvalue weighted by Gasteiger charge is 2.36. The average molecular weight is 173 g/mol. The fraction of sp³-hybridized carbons (Fsp3) is 1.00. The Morgan fingerprint density at radius 3 is 2.67 bits per heavy atom. The molecule has 0 bridgehead atoms. The summed E-state index contributed by atoms with van der Waals surface area (Å²) in [6.07, 6.45) is -0.0637. The predicted molar refractivity (Wildman–Crippen MR) is 48.1 cm³/mol. The molecule has 1 fully saturated rings. The van der Waals surface area contributed by atoms with Gasteiger partial charge >= 0.3 is 0 Å². The Balaban J connectivity index is 2.53. The van der Waals surface area contributed by atoms with Gasteiger partial charge in [-0.1, -0.05) is 13.8 Å². The maximum Gasteiger partial charge on any atom is 0.0986 e. The molecule has 1 heterocycles. The zero-order valence-electron chi connectivity index (χ0n) is 8.13. The standard InChI is InChI=1S/C9H19NO2/c1-7(2)9(3,11)8-6-10-4-5-12-8/h7-8,10-11H,4-6H2,1-3H3. The first-order chi connectivity index (χ1) is 5.55. The topological polar surface area (TPSA) is 41.5 Å². The summed E-state index contributed by atoms with van der Waals surface area (Å²) in [4.78, 5) is 0. The average Bonchev–Trinajstić information content (AvgIpc) is 2.06. The van der Waals surface area contributed by atoms with Gasteiger partial charge in [0.1, 0.15) is 0 Å². The second-order valence-electron chi connectivity index (χ2n) is 3.94. The molecule has 0 aromatic heterocycles. The Morgan fingerprint density at radius 1 is 1.58 bits per heavy atom. The first kappa shape index (κ1) is 9.96. The molecule has 12 heavy (non-hydrogen) atoms. The van der Waals surface area contributed by atoms with Gasteiger partial charge in [0.25, 0.3) is 0 Å². The van der Waals surface area contributed by atoms with Crippen molar-refractivity contribution in [1.82, 2.24) is 5.32 Å². The van der Waals surface area contributed by atoms with Gasteiger partial charge in [-0.3, -0.25) is 0 Å². The molecule has 1 aliphatic heterocycles. The van der Waals surface area contributed by atoms with Gasteiger partial charge in [-0.2, -0.15) is 0 Å². The van der Waals surface area contributed by atoms with Gasteiger partial charge in [0.2, 0.25) is 0 Å². The third-order valence-corrected chi connectivity index (χ3v) is 2.75. The molecule has 1 rings (SSSR count). The lowest BCUT2D eigenvalue weighted by Gasteiger charge is -2.38. The molecule has 0 amide bonds. The van der Waals surface area contributed by atoms with Crippen LogP contribution in [-0.4, -0.2) is 36.5 Å². The van der Waals surface area contributed by atoms with Crippen molar-refractivity contribution < 1.29 is 9.84 Å². The minimum atomic E-state index is -0.715. The molecule has 3 heteroatoms. The van der Waals surface area contributed by atoms with Crippen LogP contribution in [0, 0.1) is 5.92 Å². The van der Waals surface area contributed by atoms with Gasteiger partial charge in [0.15, 0.2) is 0 Å². The molecule has 2 atom stereocenters. The zero-order valence-corrected chi connectivity index (χ0v) is 8.13. The maximum atomic E-state index is 10.1. The van der Waals surface area contributed by atoms with Crippen molar-refractivity contribution in [3.63, 3.8) is 0 Å². The molecule has 1 aliphatic rings. The van der Waals surface area contributed by atoms with E-state index < -0.39 is 5.60 Å². The monoisotopic (exact) mass is 173 g/mol. The number of ether oxygens (including phenoxy) is 1. The number of hydrogen-bond donors (Lipinski definition) is 2. The SMILES string of the molecule is CC(C)C(C)(O)C1CNCCO1. The summed E-state index contributed by atoms with van der Waals surface area (Å²) in [7, 11) is 0. The van der Waals surface area contributed by atoms with Gasteiger partial charge < -0.3 is 15.2 Å². The molecule has 3 nitrogen and oxygen atoms in total. The molecule has 72 valence electrons.